The maximum absolute atomic E-state index is 11.0. The van der Waals surface area contributed by atoms with Crippen molar-refractivity contribution < 1.29 is 12.6 Å². The molecule has 0 bridgehead atoms. The van der Waals surface area contributed by atoms with Gasteiger partial charge in [-0.25, -0.2) is 5.14 Å². The van der Waals surface area contributed by atoms with Crippen molar-refractivity contribution in [1.82, 2.24) is 0 Å². The van der Waals surface area contributed by atoms with Crippen LogP contribution in [0.2, 0.25) is 0 Å². The van der Waals surface area contributed by atoms with Crippen molar-refractivity contribution in [2.45, 2.75) is 64.9 Å². The van der Waals surface area contributed by atoms with Gasteiger partial charge in [0.2, 0.25) is 0 Å². The Morgan fingerprint density at radius 2 is 1.82 bits per heavy atom. The summed E-state index contributed by atoms with van der Waals surface area (Å²) in [7, 11) is -3.82. The van der Waals surface area contributed by atoms with Crippen molar-refractivity contribution >= 4 is 10.3 Å². The lowest BCUT2D eigenvalue weighted by Gasteiger charge is -2.26. The molecule has 5 heteroatoms. The van der Waals surface area contributed by atoms with Gasteiger partial charge in [-0.1, -0.05) is 46.0 Å². The molecule has 2 N–H and O–H groups in total. The Labute approximate surface area is 105 Å². The average molecular weight is 263 g/mol. The molecule has 4 nitrogen and oxygen atoms in total. The maximum atomic E-state index is 11.0. The maximum Gasteiger partial charge on any atom is 0.333 e. The van der Waals surface area contributed by atoms with E-state index in [1.54, 1.807) is 0 Å². The molecule has 102 valence electrons. The fraction of sp³-hybridized carbons (Fsp3) is 1.00. The number of hydrogen-bond acceptors (Lipinski definition) is 3. The minimum atomic E-state index is -3.82. The summed E-state index contributed by atoms with van der Waals surface area (Å²) >= 11 is 0. The molecule has 17 heavy (non-hydrogen) atoms. The van der Waals surface area contributed by atoms with Gasteiger partial charge in [-0.05, 0) is 24.7 Å². The Bertz CT molecular complexity index is 308. The van der Waals surface area contributed by atoms with Crippen LogP contribution in [0, 0.1) is 11.8 Å². The van der Waals surface area contributed by atoms with Crippen LogP contribution in [0.15, 0.2) is 0 Å². The third-order valence-corrected chi connectivity index (χ3v) is 3.87. The van der Waals surface area contributed by atoms with E-state index in [2.05, 4.69) is 13.8 Å². The van der Waals surface area contributed by atoms with E-state index in [9.17, 15) is 8.42 Å². The van der Waals surface area contributed by atoms with Gasteiger partial charge >= 0.3 is 10.3 Å². The van der Waals surface area contributed by atoms with Crippen LogP contribution in [0.25, 0.3) is 0 Å². The molecule has 1 aliphatic rings. The quantitative estimate of drug-likeness (QED) is 0.800. The molecular formula is C12H25NO3S. The van der Waals surface area contributed by atoms with Crippen molar-refractivity contribution in [3.8, 4) is 0 Å². The fourth-order valence-corrected chi connectivity index (χ4v) is 3.22. The van der Waals surface area contributed by atoms with Crippen LogP contribution < -0.4 is 5.14 Å². The molecule has 0 aromatic rings. The molecule has 0 radical (unpaired) electrons. The Hall–Kier alpha value is -0.130. The molecule has 1 rings (SSSR count). The van der Waals surface area contributed by atoms with Crippen LogP contribution in [0.1, 0.15) is 58.8 Å². The van der Waals surface area contributed by atoms with Crippen molar-refractivity contribution in [2.24, 2.45) is 17.0 Å². The van der Waals surface area contributed by atoms with Crippen LogP contribution in [0.4, 0.5) is 0 Å². The van der Waals surface area contributed by atoms with E-state index in [-0.39, 0.29) is 6.10 Å². The van der Waals surface area contributed by atoms with Crippen molar-refractivity contribution in [3.63, 3.8) is 0 Å². The molecular weight excluding hydrogens is 238 g/mol. The molecule has 0 aromatic carbocycles. The number of rotatable bonds is 6. The Morgan fingerprint density at radius 3 is 2.29 bits per heavy atom. The summed E-state index contributed by atoms with van der Waals surface area (Å²) in [4.78, 5) is 0. The lowest BCUT2D eigenvalue weighted by atomic mass is 9.84. The molecule has 0 aromatic heterocycles. The predicted octanol–water partition coefficient (Wildman–Crippen LogP) is 2.59. The third-order valence-electron chi connectivity index (χ3n) is 3.33. The molecule has 0 heterocycles. The highest BCUT2D eigenvalue weighted by atomic mass is 32.2. The van der Waals surface area contributed by atoms with Gasteiger partial charge in [0.25, 0.3) is 0 Å². The van der Waals surface area contributed by atoms with Gasteiger partial charge < -0.3 is 0 Å². The van der Waals surface area contributed by atoms with E-state index >= 15 is 0 Å². The first kappa shape index (κ1) is 14.9. The van der Waals surface area contributed by atoms with E-state index in [4.69, 9.17) is 9.32 Å². The van der Waals surface area contributed by atoms with Crippen LogP contribution in [0.3, 0.4) is 0 Å². The molecule has 1 fully saturated rings. The molecule has 0 aliphatic heterocycles. The normalized spacial score (nSPS) is 20.7. The van der Waals surface area contributed by atoms with E-state index < -0.39 is 10.3 Å². The second-order valence-electron chi connectivity index (χ2n) is 5.58. The standard InChI is InChI=1S/C12H25NO3S/c1-10(2)8-12(16-17(13,14)15)9-11-6-4-3-5-7-11/h10-12H,3-9H2,1-2H3,(H2,13,14,15). The summed E-state index contributed by atoms with van der Waals surface area (Å²) < 4.78 is 27.0. The summed E-state index contributed by atoms with van der Waals surface area (Å²) in [6, 6.07) is 0. The van der Waals surface area contributed by atoms with Crippen molar-refractivity contribution in [1.29, 1.82) is 0 Å². The zero-order chi connectivity index (χ0) is 12.9. The molecule has 0 saturated heterocycles. The van der Waals surface area contributed by atoms with Crippen LogP contribution in [0.5, 0.6) is 0 Å². The Kier molecular flexibility index (Phi) is 5.89. The minimum absolute atomic E-state index is 0.243. The van der Waals surface area contributed by atoms with E-state index in [0.29, 0.717) is 11.8 Å². The van der Waals surface area contributed by atoms with Crippen molar-refractivity contribution in [2.75, 3.05) is 0 Å². The van der Waals surface area contributed by atoms with Gasteiger partial charge in [0.15, 0.2) is 0 Å². The van der Waals surface area contributed by atoms with E-state index in [1.807, 2.05) is 0 Å². The number of nitrogens with two attached hydrogens (primary N) is 1. The molecule has 1 atom stereocenters. The summed E-state index contributed by atoms with van der Waals surface area (Å²) in [6.45, 7) is 4.14. The highest BCUT2D eigenvalue weighted by molar-refractivity contribution is 7.84. The van der Waals surface area contributed by atoms with Gasteiger partial charge in [0, 0.05) is 0 Å². The SMILES string of the molecule is CC(C)CC(CC1CCCCC1)OS(N)(=O)=O. The van der Waals surface area contributed by atoms with Gasteiger partial charge in [-0.15, -0.1) is 0 Å². The van der Waals surface area contributed by atoms with Crippen molar-refractivity contribution in [3.05, 3.63) is 0 Å². The van der Waals surface area contributed by atoms with Gasteiger partial charge in [0.05, 0.1) is 6.10 Å². The zero-order valence-corrected chi connectivity index (χ0v) is 11.7. The second-order valence-corrected chi connectivity index (χ2v) is 6.76. The van der Waals surface area contributed by atoms with Gasteiger partial charge in [0.1, 0.15) is 0 Å². The molecule has 0 amide bonds. The predicted molar refractivity (Wildman–Crippen MR) is 68.6 cm³/mol. The first-order valence-electron chi connectivity index (χ1n) is 6.58. The summed E-state index contributed by atoms with van der Waals surface area (Å²) in [5.41, 5.74) is 0. The molecule has 1 unspecified atom stereocenters. The molecule has 1 aliphatic carbocycles. The minimum Gasteiger partial charge on any atom is -0.255 e. The Balaban J connectivity index is 2.49. The smallest absolute Gasteiger partial charge is 0.255 e. The topological polar surface area (TPSA) is 69.4 Å². The van der Waals surface area contributed by atoms with Crippen LogP contribution >= 0.6 is 0 Å². The second kappa shape index (κ2) is 6.71. The van der Waals surface area contributed by atoms with Crippen LogP contribution in [-0.4, -0.2) is 14.5 Å². The largest absolute Gasteiger partial charge is 0.333 e. The fourth-order valence-electron chi connectivity index (χ4n) is 2.68. The third kappa shape index (κ3) is 7.01. The monoisotopic (exact) mass is 263 g/mol. The summed E-state index contributed by atoms with van der Waals surface area (Å²) in [5.74, 6) is 1.03. The average Bonchev–Trinajstić information content (AvgIpc) is 2.15. The lowest BCUT2D eigenvalue weighted by Crippen LogP contribution is -2.28. The molecule has 1 saturated carbocycles. The lowest BCUT2D eigenvalue weighted by molar-refractivity contribution is 0.138. The number of hydrogen-bond donors (Lipinski definition) is 1. The van der Waals surface area contributed by atoms with Gasteiger partial charge in [-0.3, -0.25) is 4.18 Å². The highest BCUT2D eigenvalue weighted by Crippen LogP contribution is 2.29. The molecule has 0 spiro atoms. The van der Waals surface area contributed by atoms with E-state index in [1.165, 1.54) is 32.1 Å². The Morgan fingerprint density at radius 1 is 1.24 bits per heavy atom. The van der Waals surface area contributed by atoms with Crippen LogP contribution in [-0.2, 0) is 14.5 Å². The highest BCUT2D eigenvalue weighted by Gasteiger charge is 2.23. The van der Waals surface area contributed by atoms with Gasteiger partial charge in [-0.2, -0.15) is 8.42 Å². The summed E-state index contributed by atoms with van der Waals surface area (Å²) in [5, 5.41) is 4.97. The first-order valence-corrected chi connectivity index (χ1v) is 8.05. The first-order chi connectivity index (χ1) is 7.87. The van der Waals surface area contributed by atoms with E-state index in [0.717, 1.165) is 12.8 Å². The summed E-state index contributed by atoms with van der Waals surface area (Å²) in [6.07, 6.45) is 7.56. The zero-order valence-electron chi connectivity index (χ0n) is 10.9.